The van der Waals surface area contributed by atoms with E-state index in [0.717, 1.165) is 11.1 Å². The number of aliphatic hydroxyl groups is 1. The molecule has 0 saturated carbocycles. The van der Waals surface area contributed by atoms with Crippen molar-refractivity contribution in [1.82, 2.24) is 0 Å². The molecule has 27 heavy (non-hydrogen) atoms. The summed E-state index contributed by atoms with van der Waals surface area (Å²) in [5.41, 5.74) is 1.61. The third kappa shape index (κ3) is 5.72. The molecule has 3 atom stereocenters. The molecule has 146 valence electrons. The average molecular weight is 452 g/mol. The summed E-state index contributed by atoms with van der Waals surface area (Å²) in [6, 6.07) is 10.4. The number of benzene rings is 2. The maximum atomic E-state index is 10.1. The van der Waals surface area contributed by atoms with Crippen LogP contribution in [0.4, 0.5) is 0 Å². The van der Waals surface area contributed by atoms with E-state index in [-0.39, 0.29) is 19.8 Å². The first-order chi connectivity index (χ1) is 12.9. The fourth-order valence-corrected chi connectivity index (χ4v) is 3.70. The normalized spacial score (nSPS) is 22.3. The Morgan fingerprint density at radius 2 is 1.52 bits per heavy atom. The number of halogens is 4. The van der Waals surface area contributed by atoms with Gasteiger partial charge < -0.3 is 19.3 Å². The van der Waals surface area contributed by atoms with Crippen LogP contribution < -0.4 is 0 Å². The van der Waals surface area contributed by atoms with Crippen molar-refractivity contribution >= 4 is 46.4 Å². The fourth-order valence-electron chi connectivity index (χ4n) is 2.77. The molecule has 0 aromatic heterocycles. The summed E-state index contributed by atoms with van der Waals surface area (Å²) < 4.78 is 17.2. The summed E-state index contributed by atoms with van der Waals surface area (Å²) >= 11 is 24.1. The van der Waals surface area contributed by atoms with Gasteiger partial charge >= 0.3 is 0 Å². The van der Waals surface area contributed by atoms with E-state index in [4.69, 9.17) is 60.6 Å². The van der Waals surface area contributed by atoms with Crippen molar-refractivity contribution in [3.8, 4) is 0 Å². The molecule has 8 heteroatoms. The first-order valence-electron chi connectivity index (χ1n) is 8.31. The minimum atomic E-state index is -0.733. The monoisotopic (exact) mass is 450 g/mol. The van der Waals surface area contributed by atoms with Crippen molar-refractivity contribution in [3.63, 3.8) is 0 Å². The molecule has 1 aliphatic heterocycles. The van der Waals surface area contributed by atoms with Gasteiger partial charge in [-0.15, -0.1) is 0 Å². The minimum Gasteiger partial charge on any atom is -0.388 e. The van der Waals surface area contributed by atoms with Gasteiger partial charge in [0.15, 0.2) is 0 Å². The van der Waals surface area contributed by atoms with E-state index < -0.39 is 18.3 Å². The second kappa shape index (κ2) is 9.77. The molecule has 1 fully saturated rings. The molecule has 2 aromatic rings. The molecule has 1 heterocycles. The van der Waals surface area contributed by atoms with Crippen molar-refractivity contribution in [2.45, 2.75) is 31.5 Å². The molecule has 0 unspecified atom stereocenters. The number of aliphatic hydroxyl groups excluding tert-OH is 1. The lowest BCUT2D eigenvalue weighted by Gasteiger charge is -2.21. The Balaban J connectivity index is 1.53. The molecule has 4 nitrogen and oxygen atoms in total. The molecule has 1 saturated heterocycles. The van der Waals surface area contributed by atoms with Crippen LogP contribution in [0.25, 0.3) is 0 Å². The van der Waals surface area contributed by atoms with E-state index >= 15 is 0 Å². The van der Waals surface area contributed by atoms with Crippen LogP contribution in [0.5, 0.6) is 0 Å². The van der Waals surface area contributed by atoms with Crippen LogP contribution in [0.1, 0.15) is 11.1 Å². The van der Waals surface area contributed by atoms with Crippen LogP contribution in [0, 0.1) is 0 Å². The van der Waals surface area contributed by atoms with Crippen molar-refractivity contribution in [2.75, 3.05) is 13.2 Å². The Morgan fingerprint density at radius 1 is 0.926 bits per heavy atom. The van der Waals surface area contributed by atoms with Crippen LogP contribution in [0.2, 0.25) is 20.1 Å². The van der Waals surface area contributed by atoms with Crippen molar-refractivity contribution < 1.29 is 19.3 Å². The van der Waals surface area contributed by atoms with Crippen LogP contribution in [0.15, 0.2) is 36.4 Å². The van der Waals surface area contributed by atoms with E-state index in [1.54, 1.807) is 30.3 Å². The Morgan fingerprint density at radius 3 is 2.11 bits per heavy atom. The summed E-state index contributed by atoms with van der Waals surface area (Å²) in [7, 11) is 0. The molecular formula is C19H18Cl4O4. The molecule has 0 radical (unpaired) electrons. The second-order valence-corrected chi connectivity index (χ2v) is 7.89. The standard InChI is InChI=1S/C19H18Cl4O4/c20-13-3-1-11(15(22)5-13)7-25-10-18-19(17(24)9-26-18)27-8-12-2-4-14(21)6-16(12)23/h1-6,17-19,24H,7-10H2/t17-,18+,19-/m0/s1. The highest BCUT2D eigenvalue weighted by Crippen LogP contribution is 2.26. The van der Waals surface area contributed by atoms with Gasteiger partial charge in [-0.1, -0.05) is 58.5 Å². The summed E-state index contributed by atoms with van der Waals surface area (Å²) in [4.78, 5) is 0. The lowest BCUT2D eigenvalue weighted by molar-refractivity contribution is -0.0741. The molecular weight excluding hydrogens is 434 g/mol. The molecule has 0 aliphatic carbocycles. The maximum Gasteiger partial charge on any atom is 0.114 e. The van der Waals surface area contributed by atoms with E-state index in [1.165, 1.54) is 0 Å². The number of hydrogen-bond donors (Lipinski definition) is 1. The molecule has 3 rings (SSSR count). The second-order valence-electron chi connectivity index (χ2n) is 6.20. The smallest absolute Gasteiger partial charge is 0.114 e. The first-order valence-corrected chi connectivity index (χ1v) is 9.82. The zero-order valence-corrected chi connectivity index (χ0v) is 17.2. The number of rotatable bonds is 7. The molecule has 1 aliphatic rings. The van der Waals surface area contributed by atoms with E-state index in [1.807, 2.05) is 6.07 Å². The predicted molar refractivity (Wildman–Crippen MR) is 107 cm³/mol. The SMILES string of the molecule is O[C@H]1CO[C@H](COCc2ccc(Cl)cc2Cl)[C@H]1OCc1ccc(Cl)cc1Cl. The minimum absolute atomic E-state index is 0.189. The van der Waals surface area contributed by atoms with Gasteiger partial charge in [-0.2, -0.15) is 0 Å². The van der Waals surface area contributed by atoms with Crippen molar-refractivity contribution in [3.05, 3.63) is 67.6 Å². The van der Waals surface area contributed by atoms with E-state index in [9.17, 15) is 5.11 Å². The maximum absolute atomic E-state index is 10.1. The summed E-state index contributed by atoms with van der Waals surface area (Å²) in [6.45, 7) is 0.992. The Labute approximate surface area is 177 Å². The van der Waals surface area contributed by atoms with Crippen LogP contribution in [-0.2, 0) is 27.4 Å². The van der Waals surface area contributed by atoms with Gasteiger partial charge in [0, 0.05) is 20.1 Å². The van der Waals surface area contributed by atoms with Crippen LogP contribution >= 0.6 is 46.4 Å². The zero-order chi connectivity index (χ0) is 19.4. The zero-order valence-electron chi connectivity index (χ0n) is 14.2. The quantitative estimate of drug-likeness (QED) is 0.631. The number of hydrogen-bond acceptors (Lipinski definition) is 4. The third-order valence-electron chi connectivity index (χ3n) is 4.23. The molecule has 0 bridgehead atoms. The van der Waals surface area contributed by atoms with Crippen LogP contribution in [0.3, 0.4) is 0 Å². The van der Waals surface area contributed by atoms with E-state index in [2.05, 4.69) is 0 Å². The Hall–Kier alpha value is -0.560. The van der Waals surface area contributed by atoms with Gasteiger partial charge in [0.2, 0.25) is 0 Å². The van der Waals surface area contributed by atoms with Crippen molar-refractivity contribution in [1.29, 1.82) is 0 Å². The molecule has 1 N–H and O–H groups in total. The predicted octanol–water partition coefficient (Wildman–Crippen LogP) is 5.16. The van der Waals surface area contributed by atoms with Gasteiger partial charge in [-0.05, 0) is 35.4 Å². The van der Waals surface area contributed by atoms with Gasteiger partial charge in [0.1, 0.15) is 18.3 Å². The van der Waals surface area contributed by atoms with Gasteiger partial charge in [0.05, 0.1) is 26.4 Å². The first kappa shape index (κ1) is 21.2. The number of ether oxygens (including phenoxy) is 3. The highest BCUT2D eigenvalue weighted by atomic mass is 35.5. The lowest BCUT2D eigenvalue weighted by Crippen LogP contribution is -2.35. The summed E-state index contributed by atoms with van der Waals surface area (Å²) in [6.07, 6.45) is -1.64. The third-order valence-corrected chi connectivity index (χ3v) is 5.40. The fraction of sp³-hybridized carbons (Fsp3) is 0.368. The topological polar surface area (TPSA) is 47.9 Å². The average Bonchev–Trinajstić information content (AvgIpc) is 2.96. The van der Waals surface area contributed by atoms with E-state index in [0.29, 0.717) is 26.7 Å². The highest BCUT2D eigenvalue weighted by Gasteiger charge is 2.37. The highest BCUT2D eigenvalue weighted by molar-refractivity contribution is 6.35. The van der Waals surface area contributed by atoms with Gasteiger partial charge in [-0.3, -0.25) is 0 Å². The Bertz CT molecular complexity index is 786. The summed E-state index contributed by atoms with van der Waals surface area (Å²) in [5.74, 6) is 0. The largest absolute Gasteiger partial charge is 0.388 e. The van der Waals surface area contributed by atoms with Crippen LogP contribution in [-0.4, -0.2) is 36.6 Å². The lowest BCUT2D eigenvalue weighted by atomic mass is 10.1. The molecule has 0 spiro atoms. The van der Waals surface area contributed by atoms with Crippen molar-refractivity contribution in [2.24, 2.45) is 0 Å². The van der Waals surface area contributed by atoms with Gasteiger partial charge in [0.25, 0.3) is 0 Å². The Kier molecular flexibility index (Phi) is 7.65. The summed E-state index contributed by atoms with van der Waals surface area (Å²) in [5, 5.41) is 12.3. The van der Waals surface area contributed by atoms with Gasteiger partial charge in [-0.25, -0.2) is 0 Å². The molecule has 0 amide bonds. The molecule has 2 aromatic carbocycles.